The van der Waals surface area contributed by atoms with Crippen molar-refractivity contribution in [3.8, 4) is 5.75 Å². The topological polar surface area (TPSA) is 77.4 Å². The number of nitrogens with one attached hydrogen (secondary N) is 1. The number of benzene rings is 1. The summed E-state index contributed by atoms with van der Waals surface area (Å²) in [7, 11) is 0. The van der Waals surface area contributed by atoms with Gasteiger partial charge >= 0.3 is 5.69 Å². The van der Waals surface area contributed by atoms with Crippen LogP contribution in [0.3, 0.4) is 0 Å². The number of nitrogens with zero attached hydrogens (tertiary/aromatic N) is 1. The van der Waals surface area contributed by atoms with E-state index in [9.17, 15) is 10.1 Å². The highest BCUT2D eigenvalue weighted by molar-refractivity contribution is 6.43. The third-order valence-corrected chi connectivity index (χ3v) is 4.35. The molecule has 0 radical (unpaired) electrons. The Morgan fingerprint density at radius 1 is 1.27 bits per heavy atom. The first-order chi connectivity index (χ1) is 10.4. The number of nitro groups is 1. The second-order valence-electron chi connectivity index (χ2n) is 4.39. The predicted molar refractivity (Wildman–Crippen MR) is 82.4 cm³/mol. The lowest BCUT2D eigenvalue weighted by molar-refractivity contribution is -0.386. The summed E-state index contributed by atoms with van der Waals surface area (Å²) in [5.74, 6) is 0.346. The number of hydrogen-bond donors (Lipinski definition) is 1. The standard InChI is InChI=1S/C12H6Cl4N2O4/c13-4-1-5-10(6(14)2-4)21-3-22-11(5)8-9(18(19)20)7(15)12(16)17-8/h1-2,11,17H,3H2/t11-/m0/s1/i17+1. The van der Waals surface area contributed by atoms with Gasteiger partial charge in [-0.1, -0.05) is 46.4 Å². The van der Waals surface area contributed by atoms with Crippen molar-refractivity contribution in [1.29, 1.82) is 0 Å². The van der Waals surface area contributed by atoms with Crippen molar-refractivity contribution >= 4 is 52.1 Å². The fraction of sp³-hybridized carbons (Fsp3) is 0.167. The van der Waals surface area contributed by atoms with Gasteiger partial charge in [-0.25, -0.2) is 0 Å². The smallest absolute Gasteiger partial charge is 0.313 e. The van der Waals surface area contributed by atoms with Crippen LogP contribution in [0.2, 0.25) is 20.2 Å². The molecule has 0 amide bonds. The summed E-state index contributed by atoms with van der Waals surface area (Å²) in [6, 6.07) is 3.06. The molecule has 0 bridgehead atoms. The minimum atomic E-state index is -0.856. The molecule has 0 spiro atoms. The average molecular weight is 385 g/mol. The lowest BCUT2D eigenvalue weighted by atomic mass is 10.0. The molecule has 3 rings (SSSR count). The fourth-order valence-electron chi connectivity index (χ4n) is 2.24. The van der Waals surface area contributed by atoms with E-state index in [-0.39, 0.29) is 33.4 Å². The number of ether oxygens (including phenoxy) is 2. The van der Waals surface area contributed by atoms with Crippen molar-refractivity contribution in [3.05, 3.63) is 53.7 Å². The van der Waals surface area contributed by atoms with Gasteiger partial charge in [-0.3, -0.25) is 10.1 Å². The van der Waals surface area contributed by atoms with Crippen LogP contribution in [-0.2, 0) is 4.74 Å². The molecule has 0 aliphatic carbocycles. The molecule has 1 atom stereocenters. The van der Waals surface area contributed by atoms with Crippen LogP contribution in [0, 0.1) is 10.1 Å². The quantitative estimate of drug-likeness (QED) is 0.584. The van der Waals surface area contributed by atoms with E-state index in [1.54, 1.807) is 6.07 Å². The van der Waals surface area contributed by atoms with Crippen molar-refractivity contribution in [2.45, 2.75) is 6.10 Å². The Labute approximate surface area is 144 Å². The van der Waals surface area contributed by atoms with E-state index in [1.807, 2.05) is 0 Å². The Bertz CT molecular complexity index is 777. The SMILES string of the molecule is O=[N+]([O-])c1c([C@H]2OCOc3c(Cl)cc(Cl)cc32)[15nH]c(Cl)c1Cl. The van der Waals surface area contributed by atoms with Gasteiger partial charge in [-0.2, -0.15) is 0 Å². The summed E-state index contributed by atoms with van der Waals surface area (Å²) in [6.07, 6.45) is -0.856. The molecular formula is C12H6Cl4N2O4. The third-order valence-electron chi connectivity index (χ3n) is 3.10. The molecule has 1 aromatic heterocycles. The van der Waals surface area contributed by atoms with E-state index in [4.69, 9.17) is 55.9 Å². The van der Waals surface area contributed by atoms with Crippen molar-refractivity contribution < 1.29 is 14.4 Å². The van der Waals surface area contributed by atoms with Crippen LogP contribution < -0.4 is 4.74 Å². The van der Waals surface area contributed by atoms with Crippen molar-refractivity contribution in [2.24, 2.45) is 0 Å². The highest BCUT2D eigenvalue weighted by Crippen LogP contribution is 2.47. The lowest BCUT2D eigenvalue weighted by Gasteiger charge is -2.26. The van der Waals surface area contributed by atoms with E-state index in [0.717, 1.165) is 0 Å². The molecule has 10 heteroatoms. The first-order valence-electron chi connectivity index (χ1n) is 5.84. The molecule has 116 valence electrons. The minimum absolute atomic E-state index is 0.0480. The van der Waals surface area contributed by atoms with E-state index in [2.05, 4.69) is 4.98 Å². The average Bonchev–Trinajstić information content (AvgIpc) is 2.74. The molecular weight excluding hydrogens is 379 g/mol. The number of fused-ring (bicyclic) bond motifs is 1. The number of aromatic nitrogens is 1. The summed E-state index contributed by atoms with van der Waals surface area (Å²) in [4.78, 5) is 13.3. The summed E-state index contributed by atoms with van der Waals surface area (Å²) < 4.78 is 10.8. The molecule has 2 heterocycles. The maximum atomic E-state index is 11.2. The number of rotatable bonds is 2. The maximum absolute atomic E-state index is 11.2. The lowest BCUT2D eigenvalue weighted by Crippen LogP contribution is -2.19. The zero-order valence-electron chi connectivity index (χ0n) is 10.5. The second-order valence-corrected chi connectivity index (χ2v) is 5.99. The molecule has 0 saturated heterocycles. The molecule has 2 aromatic rings. The molecule has 1 aromatic carbocycles. The van der Waals surface area contributed by atoms with Gasteiger partial charge in [0.2, 0.25) is 0 Å². The Morgan fingerprint density at radius 3 is 2.68 bits per heavy atom. The van der Waals surface area contributed by atoms with Crippen LogP contribution in [0.25, 0.3) is 0 Å². The second kappa shape index (κ2) is 5.79. The minimum Gasteiger partial charge on any atom is -0.466 e. The van der Waals surface area contributed by atoms with Gasteiger partial charge in [0.25, 0.3) is 0 Å². The van der Waals surface area contributed by atoms with Gasteiger partial charge in [0.15, 0.2) is 11.8 Å². The normalized spacial score (nSPS) is 17.0. The van der Waals surface area contributed by atoms with E-state index < -0.39 is 11.0 Å². The summed E-state index contributed by atoms with van der Waals surface area (Å²) in [5, 5.41) is 11.6. The largest absolute Gasteiger partial charge is 0.466 e. The third kappa shape index (κ3) is 2.51. The predicted octanol–water partition coefficient (Wildman–Crippen LogP) is 4.99. The summed E-state index contributed by atoms with van der Waals surface area (Å²) in [5.41, 5.74) is 0.185. The Morgan fingerprint density at radius 2 is 2.00 bits per heavy atom. The van der Waals surface area contributed by atoms with Crippen LogP contribution in [0.5, 0.6) is 5.75 Å². The van der Waals surface area contributed by atoms with Gasteiger partial charge in [0.05, 0.1) is 9.95 Å². The monoisotopic (exact) mass is 383 g/mol. The van der Waals surface area contributed by atoms with E-state index in [1.165, 1.54) is 6.07 Å². The van der Waals surface area contributed by atoms with Crippen molar-refractivity contribution in [1.82, 2.24) is 4.98 Å². The highest BCUT2D eigenvalue weighted by Gasteiger charge is 2.36. The number of aromatic amines is 1. The number of halogens is 4. The molecule has 6 nitrogen and oxygen atoms in total. The summed E-state index contributed by atoms with van der Waals surface area (Å²) >= 11 is 23.8. The maximum Gasteiger partial charge on any atom is 0.313 e. The molecule has 0 saturated carbocycles. The van der Waals surface area contributed by atoms with Crippen LogP contribution in [0.15, 0.2) is 12.1 Å². The zero-order valence-corrected chi connectivity index (χ0v) is 13.6. The van der Waals surface area contributed by atoms with Crippen LogP contribution in [-0.4, -0.2) is 16.7 Å². The number of hydrogen-bond acceptors (Lipinski definition) is 4. The molecule has 1 N–H and O–H groups in total. The molecule has 0 unspecified atom stereocenters. The van der Waals surface area contributed by atoms with Crippen molar-refractivity contribution in [2.75, 3.05) is 6.79 Å². The molecule has 1 aliphatic rings. The Hall–Kier alpha value is -1.18. The van der Waals surface area contributed by atoms with Gasteiger partial charge in [0, 0.05) is 10.6 Å². The Balaban J connectivity index is 2.21. The highest BCUT2D eigenvalue weighted by atomic mass is 35.5. The van der Waals surface area contributed by atoms with Crippen molar-refractivity contribution in [3.63, 3.8) is 0 Å². The van der Waals surface area contributed by atoms with E-state index in [0.29, 0.717) is 16.3 Å². The van der Waals surface area contributed by atoms with Crippen LogP contribution in [0.1, 0.15) is 17.4 Å². The van der Waals surface area contributed by atoms with Gasteiger partial charge in [-0.15, -0.1) is 0 Å². The summed E-state index contributed by atoms with van der Waals surface area (Å²) in [6.45, 7) is -0.134. The Kier molecular flexibility index (Phi) is 4.13. The van der Waals surface area contributed by atoms with Crippen LogP contribution >= 0.6 is 46.4 Å². The fourth-order valence-corrected chi connectivity index (χ4v) is 3.21. The molecule has 1 aliphatic heterocycles. The zero-order chi connectivity index (χ0) is 16.0. The van der Waals surface area contributed by atoms with Gasteiger partial charge < -0.3 is 14.5 Å². The first-order valence-corrected chi connectivity index (χ1v) is 7.36. The number of H-pyrrole nitrogens is 1. The van der Waals surface area contributed by atoms with E-state index >= 15 is 0 Å². The molecule has 22 heavy (non-hydrogen) atoms. The van der Waals surface area contributed by atoms with Gasteiger partial charge in [-0.05, 0) is 12.1 Å². The van der Waals surface area contributed by atoms with Gasteiger partial charge in [0.1, 0.15) is 22.7 Å². The van der Waals surface area contributed by atoms with Crippen LogP contribution in [0.4, 0.5) is 5.69 Å². The molecule has 0 fully saturated rings. The first kappa shape index (κ1) is 15.7.